The highest BCUT2D eigenvalue weighted by Gasteiger charge is 2.22. The zero-order valence-corrected chi connectivity index (χ0v) is 8.79. The SMILES string of the molecule is CC1CCN(CCC(C)(N)CO)C1. The summed E-state index contributed by atoms with van der Waals surface area (Å²) in [5.74, 6) is 0.832. The highest BCUT2D eigenvalue weighted by Crippen LogP contribution is 2.16. The Morgan fingerprint density at radius 3 is 2.77 bits per heavy atom. The Hall–Kier alpha value is -0.120. The fraction of sp³-hybridized carbons (Fsp3) is 1.00. The van der Waals surface area contributed by atoms with Crippen molar-refractivity contribution in [3.63, 3.8) is 0 Å². The van der Waals surface area contributed by atoms with Crippen LogP contribution in [0.2, 0.25) is 0 Å². The molecule has 3 N–H and O–H groups in total. The van der Waals surface area contributed by atoms with Gasteiger partial charge in [0.2, 0.25) is 0 Å². The third-order valence-corrected chi connectivity index (χ3v) is 2.87. The molecule has 0 aliphatic carbocycles. The summed E-state index contributed by atoms with van der Waals surface area (Å²) < 4.78 is 0. The third-order valence-electron chi connectivity index (χ3n) is 2.87. The molecule has 2 atom stereocenters. The van der Waals surface area contributed by atoms with Crippen LogP contribution in [0.5, 0.6) is 0 Å². The average molecular weight is 186 g/mol. The second-order valence-corrected chi connectivity index (χ2v) is 4.76. The summed E-state index contributed by atoms with van der Waals surface area (Å²) in [6, 6.07) is 0. The summed E-state index contributed by atoms with van der Waals surface area (Å²) in [5.41, 5.74) is 5.46. The number of likely N-dealkylation sites (tertiary alicyclic amines) is 1. The van der Waals surface area contributed by atoms with Gasteiger partial charge in [0.05, 0.1) is 6.61 Å². The summed E-state index contributed by atoms with van der Waals surface area (Å²) in [6.45, 7) is 7.69. The van der Waals surface area contributed by atoms with Gasteiger partial charge in [-0.1, -0.05) is 6.92 Å². The van der Waals surface area contributed by atoms with Gasteiger partial charge in [0, 0.05) is 12.1 Å². The van der Waals surface area contributed by atoms with Crippen molar-refractivity contribution in [2.75, 3.05) is 26.2 Å². The van der Waals surface area contributed by atoms with E-state index in [1.165, 1.54) is 19.5 Å². The van der Waals surface area contributed by atoms with Gasteiger partial charge in [-0.25, -0.2) is 0 Å². The second-order valence-electron chi connectivity index (χ2n) is 4.76. The lowest BCUT2D eigenvalue weighted by Gasteiger charge is -2.25. The van der Waals surface area contributed by atoms with Crippen LogP contribution in [0.3, 0.4) is 0 Å². The minimum absolute atomic E-state index is 0.0798. The molecule has 0 radical (unpaired) electrons. The first-order chi connectivity index (χ1) is 6.03. The van der Waals surface area contributed by atoms with E-state index in [4.69, 9.17) is 10.8 Å². The molecule has 1 saturated heterocycles. The molecule has 0 saturated carbocycles. The van der Waals surface area contributed by atoms with Crippen LogP contribution in [0.1, 0.15) is 26.7 Å². The maximum absolute atomic E-state index is 8.98. The predicted octanol–water partition coefficient (Wildman–Crippen LogP) is 0.428. The Morgan fingerprint density at radius 2 is 2.31 bits per heavy atom. The van der Waals surface area contributed by atoms with E-state index >= 15 is 0 Å². The van der Waals surface area contributed by atoms with Crippen LogP contribution in [0, 0.1) is 5.92 Å². The number of rotatable bonds is 4. The van der Waals surface area contributed by atoms with Crippen LogP contribution in [0.15, 0.2) is 0 Å². The highest BCUT2D eigenvalue weighted by molar-refractivity contribution is 4.81. The standard InChI is InChI=1S/C10H22N2O/c1-9-3-5-12(7-9)6-4-10(2,11)8-13/h9,13H,3-8,11H2,1-2H3. The molecular weight excluding hydrogens is 164 g/mol. The molecule has 1 rings (SSSR count). The van der Waals surface area contributed by atoms with Gasteiger partial charge in [0.1, 0.15) is 0 Å². The molecule has 1 heterocycles. The second kappa shape index (κ2) is 4.40. The van der Waals surface area contributed by atoms with Crippen LogP contribution in [0.25, 0.3) is 0 Å². The molecule has 2 unspecified atom stereocenters. The van der Waals surface area contributed by atoms with Crippen molar-refractivity contribution in [1.82, 2.24) is 4.90 Å². The molecule has 1 fully saturated rings. The van der Waals surface area contributed by atoms with Gasteiger partial charge in [-0.2, -0.15) is 0 Å². The summed E-state index contributed by atoms with van der Waals surface area (Å²) in [7, 11) is 0. The van der Waals surface area contributed by atoms with Crippen molar-refractivity contribution in [1.29, 1.82) is 0 Å². The summed E-state index contributed by atoms with van der Waals surface area (Å²) in [5, 5.41) is 8.98. The maximum Gasteiger partial charge on any atom is 0.0608 e. The largest absolute Gasteiger partial charge is 0.394 e. The van der Waals surface area contributed by atoms with Gasteiger partial charge >= 0.3 is 0 Å². The molecule has 0 bridgehead atoms. The average Bonchev–Trinajstić information content (AvgIpc) is 2.48. The van der Waals surface area contributed by atoms with Crippen molar-refractivity contribution in [3.05, 3.63) is 0 Å². The Labute approximate surface area is 80.9 Å². The van der Waals surface area contributed by atoms with Gasteiger partial charge in [0.15, 0.2) is 0 Å². The Balaban J connectivity index is 2.19. The first-order valence-corrected chi connectivity index (χ1v) is 5.15. The lowest BCUT2D eigenvalue weighted by molar-refractivity contribution is 0.182. The van der Waals surface area contributed by atoms with E-state index in [9.17, 15) is 0 Å². The molecule has 1 aliphatic heterocycles. The summed E-state index contributed by atoms with van der Waals surface area (Å²) in [4.78, 5) is 2.44. The quantitative estimate of drug-likeness (QED) is 0.669. The van der Waals surface area contributed by atoms with Crippen LogP contribution in [0.4, 0.5) is 0 Å². The van der Waals surface area contributed by atoms with E-state index in [1.807, 2.05) is 6.92 Å². The Bertz CT molecular complexity index is 159. The number of aliphatic hydroxyl groups is 1. The smallest absolute Gasteiger partial charge is 0.0608 e. The van der Waals surface area contributed by atoms with Gasteiger partial charge in [-0.15, -0.1) is 0 Å². The molecular formula is C10H22N2O. The number of aliphatic hydroxyl groups excluding tert-OH is 1. The van der Waals surface area contributed by atoms with Crippen LogP contribution in [-0.2, 0) is 0 Å². The lowest BCUT2D eigenvalue weighted by atomic mass is 10.0. The van der Waals surface area contributed by atoms with E-state index in [2.05, 4.69) is 11.8 Å². The minimum Gasteiger partial charge on any atom is -0.394 e. The molecule has 3 nitrogen and oxygen atoms in total. The first kappa shape index (κ1) is 11.0. The fourth-order valence-electron chi connectivity index (χ4n) is 1.72. The molecule has 0 aromatic carbocycles. The van der Waals surface area contributed by atoms with Crippen LogP contribution >= 0.6 is 0 Å². The molecule has 1 aliphatic rings. The highest BCUT2D eigenvalue weighted by atomic mass is 16.3. The van der Waals surface area contributed by atoms with Gasteiger partial charge in [-0.05, 0) is 38.8 Å². The van der Waals surface area contributed by atoms with E-state index in [0.29, 0.717) is 0 Å². The van der Waals surface area contributed by atoms with Crippen molar-refractivity contribution < 1.29 is 5.11 Å². The number of hydrogen-bond donors (Lipinski definition) is 2. The Morgan fingerprint density at radius 1 is 1.62 bits per heavy atom. The lowest BCUT2D eigenvalue weighted by Crippen LogP contribution is -2.43. The maximum atomic E-state index is 8.98. The zero-order valence-electron chi connectivity index (χ0n) is 8.79. The molecule has 13 heavy (non-hydrogen) atoms. The van der Waals surface area contributed by atoms with E-state index < -0.39 is 5.54 Å². The van der Waals surface area contributed by atoms with Gasteiger partial charge in [0.25, 0.3) is 0 Å². The van der Waals surface area contributed by atoms with E-state index in [1.54, 1.807) is 0 Å². The zero-order chi connectivity index (χ0) is 9.90. The van der Waals surface area contributed by atoms with E-state index in [-0.39, 0.29) is 6.61 Å². The molecule has 0 spiro atoms. The summed E-state index contributed by atoms with van der Waals surface area (Å²) in [6.07, 6.45) is 2.19. The number of hydrogen-bond acceptors (Lipinski definition) is 3. The van der Waals surface area contributed by atoms with Crippen molar-refractivity contribution >= 4 is 0 Å². The predicted molar refractivity (Wildman–Crippen MR) is 54.5 cm³/mol. The van der Waals surface area contributed by atoms with Gasteiger partial charge < -0.3 is 15.7 Å². The monoisotopic (exact) mass is 186 g/mol. The van der Waals surface area contributed by atoms with Gasteiger partial charge in [-0.3, -0.25) is 0 Å². The molecule has 3 heteroatoms. The fourth-order valence-corrected chi connectivity index (χ4v) is 1.72. The molecule has 0 aromatic heterocycles. The number of nitrogens with two attached hydrogens (primary N) is 1. The van der Waals surface area contributed by atoms with E-state index in [0.717, 1.165) is 18.9 Å². The normalized spacial score (nSPS) is 29.1. The summed E-state index contributed by atoms with van der Waals surface area (Å²) >= 11 is 0. The van der Waals surface area contributed by atoms with Crippen LogP contribution in [-0.4, -0.2) is 41.8 Å². The van der Waals surface area contributed by atoms with Crippen LogP contribution < -0.4 is 5.73 Å². The molecule has 78 valence electrons. The third kappa shape index (κ3) is 3.63. The topological polar surface area (TPSA) is 49.5 Å². The van der Waals surface area contributed by atoms with Crippen molar-refractivity contribution in [3.8, 4) is 0 Å². The van der Waals surface area contributed by atoms with Crippen molar-refractivity contribution in [2.45, 2.75) is 32.2 Å². The first-order valence-electron chi connectivity index (χ1n) is 5.15. The number of nitrogens with zero attached hydrogens (tertiary/aromatic N) is 1. The molecule has 0 aromatic rings. The molecule has 0 amide bonds. The minimum atomic E-state index is -0.397. The van der Waals surface area contributed by atoms with Crippen molar-refractivity contribution in [2.24, 2.45) is 11.7 Å². The Kier molecular flexibility index (Phi) is 3.71.